The molecule has 7 heteroatoms. The zero-order chi connectivity index (χ0) is 19.7. The molecular weight excluding hydrogens is 387 g/mol. The summed E-state index contributed by atoms with van der Waals surface area (Å²) in [5.41, 5.74) is 3.16. The quantitative estimate of drug-likeness (QED) is 0.765. The van der Waals surface area contributed by atoms with Crippen LogP contribution in [-0.4, -0.2) is 27.7 Å². The Balaban J connectivity index is 1.92. The molecular formula is C20H18Cl2N2O3. The van der Waals surface area contributed by atoms with Crippen LogP contribution in [0.3, 0.4) is 0 Å². The summed E-state index contributed by atoms with van der Waals surface area (Å²) in [5.74, 6) is -1.09. The van der Waals surface area contributed by atoms with Crippen LogP contribution in [0.15, 0.2) is 41.5 Å². The molecule has 1 aliphatic heterocycles. The van der Waals surface area contributed by atoms with Gasteiger partial charge in [-0.05, 0) is 48.7 Å². The third kappa shape index (κ3) is 3.99. The molecule has 0 aliphatic carbocycles. The number of aromatic carboxylic acids is 1. The molecule has 1 unspecified atom stereocenters. The number of carbonyl (C=O) groups excluding carboxylic acids is 1. The maximum absolute atomic E-state index is 12.5. The van der Waals surface area contributed by atoms with Crippen molar-refractivity contribution in [2.75, 3.05) is 0 Å². The Hall–Kier alpha value is -2.37. The minimum absolute atomic E-state index is 0.131. The van der Waals surface area contributed by atoms with E-state index in [1.807, 2.05) is 19.9 Å². The molecule has 0 radical (unpaired) electrons. The number of hydrogen-bond acceptors (Lipinski definition) is 3. The van der Waals surface area contributed by atoms with Crippen molar-refractivity contribution < 1.29 is 14.7 Å². The lowest BCUT2D eigenvalue weighted by Crippen LogP contribution is -2.24. The van der Waals surface area contributed by atoms with Crippen molar-refractivity contribution in [3.8, 4) is 0 Å². The molecule has 0 bridgehead atoms. The van der Waals surface area contributed by atoms with Crippen LogP contribution in [0.25, 0.3) is 0 Å². The number of halogens is 2. The monoisotopic (exact) mass is 404 g/mol. The van der Waals surface area contributed by atoms with Crippen molar-refractivity contribution in [1.82, 2.24) is 5.01 Å². The van der Waals surface area contributed by atoms with Crippen molar-refractivity contribution in [3.05, 3.63) is 68.7 Å². The maximum atomic E-state index is 12.5. The van der Waals surface area contributed by atoms with Gasteiger partial charge in [0.1, 0.15) is 0 Å². The average Bonchev–Trinajstić information content (AvgIpc) is 3.01. The first-order valence-electron chi connectivity index (χ1n) is 8.52. The summed E-state index contributed by atoms with van der Waals surface area (Å²) < 4.78 is 0. The zero-order valence-corrected chi connectivity index (χ0v) is 16.4. The van der Waals surface area contributed by atoms with Crippen LogP contribution in [0.5, 0.6) is 0 Å². The summed E-state index contributed by atoms with van der Waals surface area (Å²) in [7, 11) is 0. The second-order valence-electron chi connectivity index (χ2n) is 6.37. The first kappa shape index (κ1) is 19.4. The molecule has 0 saturated carbocycles. The molecule has 1 aliphatic rings. The number of nitrogens with zero attached hydrogens (tertiary/aromatic N) is 2. The van der Waals surface area contributed by atoms with Crippen molar-refractivity contribution in [2.45, 2.75) is 32.7 Å². The Morgan fingerprint density at radius 2 is 1.89 bits per heavy atom. The minimum atomic E-state index is -0.957. The zero-order valence-electron chi connectivity index (χ0n) is 14.9. The van der Waals surface area contributed by atoms with Crippen molar-refractivity contribution >= 4 is 40.8 Å². The first-order chi connectivity index (χ1) is 12.8. The molecule has 1 heterocycles. The summed E-state index contributed by atoms with van der Waals surface area (Å²) in [4.78, 5) is 23.8. The van der Waals surface area contributed by atoms with Crippen LogP contribution in [0.1, 0.15) is 53.4 Å². The van der Waals surface area contributed by atoms with Gasteiger partial charge in [-0.25, -0.2) is 9.80 Å². The normalized spacial score (nSPS) is 15.0. The highest BCUT2D eigenvalue weighted by Gasteiger charge is 2.30. The summed E-state index contributed by atoms with van der Waals surface area (Å²) in [6.45, 7) is 3.76. The smallest absolute Gasteiger partial charge is 0.335 e. The van der Waals surface area contributed by atoms with E-state index in [2.05, 4.69) is 5.10 Å². The molecule has 1 amide bonds. The van der Waals surface area contributed by atoms with Gasteiger partial charge in [0.15, 0.2) is 0 Å². The molecule has 0 saturated heterocycles. The summed E-state index contributed by atoms with van der Waals surface area (Å²) >= 11 is 12.1. The van der Waals surface area contributed by atoms with Gasteiger partial charge < -0.3 is 5.11 Å². The van der Waals surface area contributed by atoms with Crippen LogP contribution < -0.4 is 0 Å². The van der Waals surface area contributed by atoms with Crippen LogP contribution in [0, 0.1) is 0 Å². The van der Waals surface area contributed by atoms with E-state index >= 15 is 0 Å². The number of hydrogen-bond donors (Lipinski definition) is 1. The van der Waals surface area contributed by atoms with E-state index in [0.717, 1.165) is 11.1 Å². The molecule has 2 aromatic rings. The fourth-order valence-electron chi connectivity index (χ4n) is 3.14. The van der Waals surface area contributed by atoms with Crippen molar-refractivity contribution in [3.63, 3.8) is 0 Å². The number of rotatable bonds is 5. The summed E-state index contributed by atoms with van der Waals surface area (Å²) in [6, 6.07) is 9.89. The number of carboxylic acid groups (broad SMARTS) is 1. The SMILES string of the molecule is CCc1cc(C(C)N2N=C(c3cc(Cl)cc(Cl)c3)CC2=O)ccc1C(=O)O. The van der Waals surface area contributed by atoms with Gasteiger partial charge in [-0.15, -0.1) is 0 Å². The number of carbonyl (C=O) groups is 2. The largest absolute Gasteiger partial charge is 0.478 e. The number of hydrazone groups is 1. The van der Waals surface area contributed by atoms with Crippen LogP contribution >= 0.6 is 23.2 Å². The summed E-state index contributed by atoms with van der Waals surface area (Å²) in [5, 5.41) is 16.1. The van der Waals surface area contributed by atoms with Crippen molar-refractivity contribution in [2.24, 2.45) is 5.10 Å². The Labute approximate surface area is 167 Å². The van der Waals surface area contributed by atoms with E-state index in [1.165, 1.54) is 5.01 Å². The van der Waals surface area contributed by atoms with Crippen LogP contribution in [0.2, 0.25) is 10.0 Å². The lowest BCUT2D eigenvalue weighted by Gasteiger charge is -2.22. The second-order valence-corrected chi connectivity index (χ2v) is 7.24. The number of carboxylic acids is 1. The van der Waals surface area contributed by atoms with Gasteiger partial charge >= 0.3 is 5.97 Å². The fraction of sp³-hybridized carbons (Fsp3) is 0.250. The van der Waals surface area contributed by atoms with Gasteiger partial charge in [0.25, 0.3) is 0 Å². The predicted octanol–water partition coefficient (Wildman–Crippen LogP) is 4.95. The lowest BCUT2D eigenvalue weighted by molar-refractivity contribution is -0.130. The van der Waals surface area contributed by atoms with Crippen LogP contribution in [0.4, 0.5) is 0 Å². The highest BCUT2D eigenvalue weighted by Crippen LogP contribution is 2.29. The van der Waals surface area contributed by atoms with Gasteiger partial charge in [-0.3, -0.25) is 4.79 Å². The number of aryl methyl sites for hydroxylation is 1. The number of amides is 1. The lowest BCUT2D eigenvalue weighted by atomic mass is 9.98. The predicted molar refractivity (Wildman–Crippen MR) is 106 cm³/mol. The average molecular weight is 405 g/mol. The number of benzene rings is 2. The topological polar surface area (TPSA) is 70.0 Å². The van der Waals surface area contributed by atoms with Gasteiger partial charge in [0, 0.05) is 15.6 Å². The first-order valence-corrected chi connectivity index (χ1v) is 9.28. The third-order valence-electron chi connectivity index (χ3n) is 4.59. The Morgan fingerprint density at radius 1 is 1.22 bits per heavy atom. The van der Waals surface area contributed by atoms with E-state index in [4.69, 9.17) is 23.2 Å². The molecule has 27 heavy (non-hydrogen) atoms. The molecule has 0 fully saturated rings. The van der Waals surface area contributed by atoms with E-state index in [1.54, 1.807) is 30.3 Å². The highest BCUT2D eigenvalue weighted by atomic mass is 35.5. The maximum Gasteiger partial charge on any atom is 0.335 e. The molecule has 0 aromatic heterocycles. The highest BCUT2D eigenvalue weighted by molar-refractivity contribution is 6.35. The van der Waals surface area contributed by atoms with Gasteiger partial charge in [-0.1, -0.05) is 42.3 Å². The third-order valence-corrected chi connectivity index (χ3v) is 5.02. The second kappa shape index (κ2) is 7.71. The molecule has 3 rings (SSSR count). The molecule has 140 valence electrons. The van der Waals surface area contributed by atoms with Gasteiger partial charge in [0.05, 0.1) is 23.7 Å². The summed E-state index contributed by atoms with van der Waals surface area (Å²) in [6.07, 6.45) is 0.751. The van der Waals surface area contributed by atoms with E-state index in [0.29, 0.717) is 27.7 Å². The van der Waals surface area contributed by atoms with Crippen molar-refractivity contribution in [1.29, 1.82) is 0 Å². The Morgan fingerprint density at radius 3 is 2.48 bits per heavy atom. The Kier molecular flexibility index (Phi) is 5.53. The van der Waals surface area contributed by atoms with E-state index in [9.17, 15) is 14.7 Å². The van der Waals surface area contributed by atoms with E-state index < -0.39 is 5.97 Å². The molecule has 1 atom stereocenters. The fourth-order valence-corrected chi connectivity index (χ4v) is 3.67. The molecule has 2 aromatic carbocycles. The van der Waals surface area contributed by atoms with E-state index in [-0.39, 0.29) is 23.9 Å². The molecule has 1 N–H and O–H groups in total. The van der Waals surface area contributed by atoms with Gasteiger partial charge in [-0.2, -0.15) is 5.10 Å². The van der Waals surface area contributed by atoms with Gasteiger partial charge in [0.2, 0.25) is 5.91 Å². The minimum Gasteiger partial charge on any atom is -0.478 e. The molecule has 0 spiro atoms. The molecule has 5 nitrogen and oxygen atoms in total. The standard InChI is InChI=1S/C20H18Cl2N2O3/c1-3-12-6-13(4-5-17(12)20(26)27)11(2)24-19(25)10-18(23-24)14-7-15(21)9-16(22)8-14/h4-9,11H,3,10H2,1-2H3,(H,26,27). The Bertz CT molecular complexity index is 936. The van der Waals surface area contributed by atoms with Crippen LogP contribution in [-0.2, 0) is 11.2 Å².